The Morgan fingerprint density at radius 3 is 2.75 bits per heavy atom. The number of aryl methyl sites for hydroxylation is 2. The minimum atomic E-state index is 0.0967. The van der Waals surface area contributed by atoms with Crippen molar-refractivity contribution >= 4 is 5.91 Å². The number of carbonyl (C=O) groups excluding carboxylic acids is 1. The number of amides is 1. The summed E-state index contributed by atoms with van der Waals surface area (Å²) in [6.45, 7) is 8.92. The Balaban J connectivity index is 1.69. The summed E-state index contributed by atoms with van der Waals surface area (Å²) in [5, 5.41) is 3.97. The molecule has 1 amide bonds. The highest BCUT2D eigenvalue weighted by molar-refractivity contribution is 5.96. The maximum atomic E-state index is 13.1. The molecule has 1 fully saturated rings. The monoisotopic (exact) mass is 332 g/mol. The van der Waals surface area contributed by atoms with Crippen LogP contribution in [0.15, 0.2) is 16.7 Å². The minimum absolute atomic E-state index is 0.0967. The van der Waals surface area contributed by atoms with Crippen molar-refractivity contribution in [3.05, 3.63) is 29.2 Å². The highest BCUT2D eigenvalue weighted by Crippen LogP contribution is 2.21. The first-order valence-corrected chi connectivity index (χ1v) is 9.36. The smallest absolute Gasteiger partial charge is 0.259 e. The summed E-state index contributed by atoms with van der Waals surface area (Å²) in [5.41, 5.74) is 1.37. The first-order chi connectivity index (χ1) is 11.6. The molecule has 0 saturated carbocycles. The van der Waals surface area contributed by atoms with Gasteiger partial charge in [-0.1, -0.05) is 17.3 Å². The number of quaternary nitrogens is 1. The molecule has 1 saturated heterocycles. The first-order valence-electron chi connectivity index (χ1n) is 9.36. The fourth-order valence-corrected chi connectivity index (χ4v) is 3.97. The zero-order chi connectivity index (χ0) is 16.9. The fraction of sp³-hybridized carbons (Fsp3) is 0.684. The van der Waals surface area contributed by atoms with Gasteiger partial charge in [0.05, 0.1) is 31.9 Å². The van der Waals surface area contributed by atoms with E-state index in [-0.39, 0.29) is 5.91 Å². The van der Waals surface area contributed by atoms with E-state index in [0.29, 0.717) is 22.9 Å². The number of aromatic nitrogens is 1. The number of rotatable bonds is 6. The second-order valence-electron chi connectivity index (χ2n) is 7.31. The van der Waals surface area contributed by atoms with Gasteiger partial charge < -0.3 is 14.3 Å². The Bertz CT molecular complexity index is 568. The largest absolute Gasteiger partial charge is 0.361 e. The number of allylic oxidation sites excluding steroid dienone is 2. The topological polar surface area (TPSA) is 50.8 Å². The quantitative estimate of drug-likeness (QED) is 0.808. The van der Waals surface area contributed by atoms with E-state index in [1.165, 1.54) is 32.4 Å². The number of hydrogen-bond acceptors (Lipinski definition) is 3. The molecule has 0 unspecified atom stereocenters. The van der Waals surface area contributed by atoms with E-state index in [9.17, 15) is 4.79 Å². The summed E-state index contributed by atoms with van der Waals surface area (Å²) < 4.78 is 5.22. The number of hydrogen-bond donors (Lipinski definition) is 1. The van der Waals surface area contributed by atoms with Crippen LogP contribution in [0, 0.1) is 19.8 Å². The van der Waals surface area contributed by atoms with Gasteiger partial charge in [0.1, 0.15) is 11.3 Å². The van der Waals surface area contributed by atoms with Crippen LogP contribution in [0.1, 0.15) is 53.9 Å². The van der Waals surface area contributed by atoms with Crippen LogP contribution >= 0.6 is 0 Å². The molecule has 5 nitrogen and oxygen atoms in total. The number of nitrogens with zero attached hydrogens (tertiary/aromatic N) is 2. The van der Waals surface area contributed by atoms with Gasteiger partial charge in [-0.05, 0) is 39.0 Å². The average Bonchev–Trinajstić information content (AvgIpc) is 3.22. The molecule has 0 radical (unpaired) electrons. The van der Waals surface area contributed by atoms with Crippen LogP contribution in [0.4, 0.5) is 0 Å². The molecule has 0 bridgehead atoms. The standard InChI is InChI=1S/C19H29N3O2/c1-15-18(16(2)24-20-15)19(23)22(13-12-21-10-6-7-11-21)14-17-8-4-3-5-9-17/h3-4,17H,5-14H2,1-2H3/p+1/t17-/m1/s1. The van der Waals surface area contributed by atoms with Crippen molar-refractivity contribution in [1.82, 2.24) is 10.1 Å². The molecular weight excluding hydrogens is 302 g/mol. The molecule has 1 aromatic rings. The van der Waals surface area contributed by atoms with Gasteiger partial charge in [0.25, 0.3) is 5.91 Å². The van der Waals surface area contributed by atoms with E-state index in [1.54, 1.807) is 4.90 Å². The van der Waals surface area contributed by atoms with Crippen LogP contribution in [0.3, 0.4) is 0 Å². The van der Waals surface area contributed by atoms with Crippen molar-refractivity contribution in [3.63, 3.8) is 0 Å². The maximum Gasteiger partial charge on any atom is 0.259 e. The Kier molecular flexibility index (Phi) is 5.72. The van der Waals surface area contributed by atoms with E-state index < -0.39 is 0 Å². The molecule has 0 aromatic carbocycles. The normalized spacial score (nSPS) is 21.3. The molecule has 5 heteroatoms. The number of likely N-dealkylation sites (tertiary alicyclic amines) is 1. The summed E-state index contributed by atoms with van der Waals surface area (Å²) in [7, 11) is 0. The third-order valence-corrected chi connectivity index (χ3v) is 5.44. The van der Waals surface area contributed by atoms with Crippen molar-refractivity contribution in [2.75, 3.05) is 32.7 Å². The van der Waals surface area contributed by atoms with Crippen molar-refractivity contribution < 1.29 is 14.2 Å². The van der Waals surface area contributed by atoms with E-state index in [4.69, 9.17) is 4.52 Å². The minimum Gasteiger partial charge on any atom is -0.361 e. The second kappa shape index (κ2) is 7.97. The number of carbonyl (C=O) groups is 1. The molecule has 1 N–H and O–H groups in total. The molecule has 1 atom stereocenters. The molecule has 0 spiro atoms. The number of nitrogens with one attached hydrogen (secondary N) is 1. The zero-order valence-corrected chi connectivity index (χ0v) is 15.0. The maximum absolute atomic E-state index is 13.1. The lowest BCUT2D eigenvalue weighted by Crippen LogP contribution is -3.10. The molecule has 1 aliphatic heterocycles. The SMILES string of the molecule is Cc1noc(C)c1C(=O)N(CC[NH+]1CCCC1)C[C@@H]1CC=CCC1. The molecule has 3 rings (SSSR count). The molecule has 2 aliphatic rings. The summed E-state index contributed by atoms with van der Waals surface area (Å²) in [6.07, 6.45) is 10.6. The highest BCUT2D eigenvalue weighted by atomic mass is 16.5. The summed E-state index contributed by atoms with van der Waals surface area (Å²) in [4.78, 5) is 16.8. The van der Waals surface area contributed by atoms with Crippen molar-refractivity contribution in [2.45, 2.75) is 46.0 Å². The lowest BCUT2D eigenvalue weighted by atomic mass is 9.93. The van der Waals surface area contributed by atoms with Crippen molar-refractivity contribution in [2.24, 2.45) is 5.92 Å². The van der Waals surface area contributed by atoms with Gasteiger partial charge in [0.2, 0.25) is 0 Å². The molecule has 2 heterocycles. The van der Waals surface area contributed by atoms with Gasteiger partial charge in [-0.15, -0.1) is 0 Å². The molecule has 1 aromatic heterocycles. The zero-order valence-electron chi connectivity index (χ0n) is 15.0. The predicted octanol–water partition coefficient (Wildman–Crippen LogP) is 1.77. The van der Waals surface area contributed by atoms with E-state index in [1.807, 2.05) is 13.8 Å². The van der Waals surface area contributed by atoms with Crippen LogP contribution in [0.2, 0.25) is 0 Å². The first kappa shape index (κ1) is 17.2. The summed E-state index contributed by atoms with van der Waals surface area (Å²) >= 11 is 0. The Morgan fingerprint density at radius 2 is 2.12 bits per heavy atom. The Labute approximate surface area is 144 Å². The fourth-order valence-electron chi connectivity index (χ4n) is 3.97. The van der Waals surface area contributed by atoms with E-state index in [0.717, 1.165) is 32.5 Å². The van der Waals surface area contributed by atoms with E-state index in [2.05, 4.69) is 22.2 Å². The van der Waals surface area contributed by atoms with Crippen LogP contribution < -0.4 is 4.90 Å². The van der Waals surface area contributed by atoms with Gasteiger partial charge in [-0.3, -0.25) is 4.79 Å². The molecular formula is C19H30N3O2+. The van der Waals surface area contributed by atoms with Gasteiger partial charge in [-0.25, -0.2) is 0 Å². The third-order valence-electron chi connectivity index (χ3n) is 5.44. The summed E-state index contributed by atoms with van der Waals surface area (Å²) in [5.74, 6) is 1.31. The van der Waals surface area contributed by atoms with Gasteiger partial charge in [-0.2, -0.15) is 0 Å². The predicted molar refractivity (Wildman–Crippen MR) is 93.2 cm³/mol. The van der Waals surface area contributed by atoms with Crippen LogP contribution in [0.25, 0.3) is 0 Å². The van der Waals surface area contributed by atoms with Gasteiger partial charge >= 0.3 is 0 Å². The van der Waals surface area contributed by atoms with Crippen LogP contribution in [0.5, 0.6) is 0 Å². The average molecular weight is 332 g/mol. The van der Waals surface area contributed by atoms with Crippen LogP contribution in [-0.4, -0.2) is 48.7 Å². The van der Waals surface area contributed by atoms with Crippen LogP contribution in [-0.2, 0) is 0 Å². The highest BCUT2D eigenvalue weighted by Gasteiger charge is 2.27. The van der Waals surface area contributed by atoms with Crippen molar-refractivity contribution in [3.8, 4) is 0 Å². The molecule has 1 aliphatic carbocycles. The summed E-state index contributed by atoms with van der Waals surface area (Å²) in [6, 6.07) is 0. The Morgan fingerprint density at radius 1 is 1.33 bits per heavy atom. The Hall–Kier alpha value is -1.62. The molecule has 132 valence electrons. The lowest BCUT2D eigenvalue weighted by molar-refractivity contribution is -0.886. The molecule has 24 heavy (non-hydrogen) atoms. The lowest BCUT2D eigenvalue weighted by Gasteiger charge is -2.29. The van der Waals surface area contributed by atoms with Gasteiger partial charge in [0.15, 0.2) is 0 Å². The van der Waals surface area contributed by atoms with Gasteiger partial charge in [0, 0.05) is 19.4 Å². The van der Waals surface area contributed by atoms with Crippen molar-refractivity contribution in [1.29, 1.82) is 0 Å². The van der Waals surface area contributed by atoms with E-state index >= 15 is 0 Å². The third kappa shape index (κ3) is 4.07. The second-order valence-corrected chi connectivity index (χ2v) is 7.31.